The zero-order valence-electron chi connectivity index (χ0n) is 21.5. The number of carbonyl (C=O) groups is 2. The van der Waals surface area contributed by atoms with Crippen LogP contribution in [-0.4, -0.2) is 98.5 Å². The maximum atomic E-state index is 13.6. The Bertz CT molecular complexity index is 984. The molecule has 0 radical (unpaired) electrons. The summed E-state index contributed by atoms with van der Waals surface area (Å²) in [5.41, 5.74) is 1.96. The van der Waals surface area contributed by atoms with Crippen molar-refractivity contribution in [2.24, 2.45) is 16.9 Å². The summed E-state index contributed by atoms with van der Waals surface area (Å²) in [6, 6.07) is 5.92. The SMILES string of the molecule is COc1ccc(C2=NN(C3CCN(C(=O)CN4CCOCC4)CC3)C(=O)C3CCCCC23)cc1OC. The third-order valence-corrected chi connectivity index (χ3v) is 8.18. The van der Waals surface area contributed by atoms with Gasteiger partial charge in [-0.15, -0.1) is 0 Å². The highest BCUT2D eigenvalue weighted by atomic mass is 16.5. The molecule has 36 heavy (non-hydrogen) atoms. The Morgan fingerprint density at radius 3 is 2.36 bits per heavy atom. The van der Waals surface area contributed by atoms with E-state index in [0.717, 1.165) is 62.9 Å². The number of rotatable bonds is 6. The fraction of sp³-hybridized carbons (Fsp3) is 0.667. The average molecular weight is 499 g/mol. The van der Waals surface area contributed by atoms with Crippen LogP contribution in [0.15, 0.2) is 23.3 Å². The number of ether oxygens (including phenoxy) is 3. The van der Waals surface area contributed by atoms with Gasteiger partial charge in [0.05, 0.1) is 45.7 Å². The molecule has 4 aliphatic rings. The predicted molar refractivity (Wildman–Crippen MR) is 135 cm³/mol. The standard InChI is InChI=1S/C27H38N4O5/c1-34-23-8-7-19(17-24(23)35-2)26-21-5-3-4-6-22(21)27(33)31(28-26)20-9-11-30(12-10-20)25(32)18-29-13-15-36-16-14-29/h7-8,17,20-22H,3-6,9-16,18H2,1-2H3. The Morgan fingerprint density at radius 1 is 0.972 bits per heavy atom. The molecule has 1 aromatic carbocycles. The minimum atomic E-state index is -0.0275. The van der Waals surface area contributed by atoms with E-state index in [2.05, 4.69) is 4.90 Å². The number of hydrazone groups is 1. The van der Waals surface area contributed by atoms with Gasteiger partial charge in [-0.05, 0) is 43.9 Å². The first kappa shape index (κ1) is 25.0. The number of hydrogen-bond acceptors (Lipinski definition) is 7. The minimum Gasteiger partial charge on any atom is -0.493 e. The van der Waals surface area contributed by atoms with Crippen molar-refractivity contribution in [1.29, 1.82) is 0 Å². The van der Waals surface area contributed by atoms with Gasteiger partial charge in [-0.1, -0.05) is 12.8 Å². The minimum absolute atomic E-state index is 0.0166. The zero-order valence-corrected chi connectivity index (χ0v) is 21.5. The molecule has 1 aliphatic carbocycles. The van der Waals surface area contributed by atoms with E-state index in [1.54, 1.807) is 19.2 Å². The van der Waals surface area contributed by atoms with Crippen LogP contribution in [0, 0.1) is 11.8 Å². The number of carbonyl (C=O) groups excluding carboxylic acids is 2. The molecular weight excluding hydrogens is 460 g/mol. The Kier molecular flexibility index (Phi) is 7.76. The summed E-state index contributed by atoms with van der Waals surface area (Å²) >= 11 is 0. The van der Waals surface area contributed by atoms with Crippen molar-refractivity contribution in [2.45, 2.75) is 44.6 Å². The maximum absolute atomic E-state index is 13.6. The molecule has 0 N–H and O–H groups in total. The van der Waals surface area contributed by atoms with Crippen LogP contribution in [0.25, 0.3) is 0 Å². The lowest BCUT2D eigenvalue weighted by Crippen LogP contribution is -2.54. The number of morpholine rings is 1. The van der Waals surface area contributed by atoms with E-state index in [9.17, 15) is 9.59 Å². The van der Waals surface area contributed by atoms with Crippen molar-refractivity contribution in [1.82, 2.24) is 14.8 Å². The van der Waals surface area contributed by atoms with E-state index in [4.69, 9.17) is 19.3 Å². The van der Waals surface area contributed by atoms with Gasteiger partial charge >= 0.3 is 0 Å². The number of fused-ring (bicyclic) bond motifs is 1. The Balaban J connectivity index is 1.32. The van der Waals surface area contributed by atoms with E-state index in [0.29, 0.717) is 44.3 Å². The Labute approximate surface area is 213 Å². The number of hydrogen-bond donors (Lipinski definition) is 0. The van der Waals surface area contributed by atoms with Crippen LogP contribution >= 0.6 is 0 Å². The molecule has 9 heteroatoms. The summed E-state index contributed by atoms with van der Waals surface area (Å²) in [7, 11) is 3.27. The van der Waals surface area contributed by atoms with E-state index in [-0.39, 0.29) is 29.7 Å². The molecule has 5 rings (SSSR count). The first-order valence-electron chi connectivity index (χ1n) is 13.3. The molecule has 1 saturated carbocycles. The van der Waals surface area contributed by atoms with E-state index >= 15 is 0 Å². The van der Waals surface area contributed by atoms with Gasteiger partial charge in [0.1, 0.15) is 0 Å². The average Bonchev–Trinajstić information content (AvgIpc) is 2.93. The van der Waals surface area contributed by atoms with Gasteiger partial charge in [0.15, 0.2) is 11.5 Å². The molecule has 3 heterocycles. The molecule has 2 unspecified atom stereocenters. The lowest BCUT2D eigenvalue weighted by atomic mass is 9.73. The van der Waals surface area contributed by atoms with Crippen LogP contribution < -0.4 is 9.47 Å². The van der Waals surface area contributed by atoms with Gasteiger partial charge in [0.25, 0.3) is 0 Å². The number of likely N-dealkylation sites (tertiary alicyclic amines) is 1. The fourth-order valence-electron chi connectivity index (χ4n) is 6.10. The summed E-state index contributed by atoms with van der Waals surface area (Å²) in [5.74, 6) is 1.78. The monoisotopic (exact) mass is 498 g/mol. The molecule has 0 aromatic heterocycles. The summed E-state index contributed by atoms with van der Waals surface area (Å²) in [5, 5.41) is 6.78. The van der Waals surface area contributed by atoms with Gasteiger partial charge in [-0.25, -0.2) is 5.01 Å². The molecule has 0 spiro atoms. The second-order valence-electron chi connectivity index (χ2n) is 10.2. The number of methoxy groups -OCH3 is 2. The quantitative estimate of drug-likeness (QED) is 0.599. The van der Waals surface area contributed by atoms with Crippen LogP contribution in [0.3, 0.4) is 0 Å². The van der Waals surface area contributed by atoms with Gasteiger partial charge in [-0.3, -0.25) is 14.5 Å². The molecule has 2 atom stereocenters. The third-order valence-electron chi connectivity index (χ3n) is 8.18. The normalized spacial score (nSPS) is 25.8. The van der Waals surface area contributed by atoms with Crippen molar-refractivity contribution in [3.8, 4) is 11.5 Å². The van der Waals surface area contributed by atoms with Gasteiger partial charge < -0.3 is 19.1 Å². The van der Waals surface area contributed by atoms with Crippen LogP contribution in [0.4, 0.5) is 0 Å². The van der Waals surface area contributed by atoms with Gasteiger partial charge in [0, 0.05) is 43.6 Å². The van der Waals surface area contributed by atoms with Crippen molar-refractivity contribution in [3.05, 3.63) is 23.8 Å². The first-order chi connectivity index (χ1) is 17.6. The Morgan fingerprint density at radius 2 is 1.67 bits per heavy atom. The highest BCUT2D eigenvalue weighted by Crippen LogP contribution is 2.40. The lowest BCUT2D eigenvalue weighted by Gasteiger charge is -2.43. The van der Waals surface area contributed by atoms with Crippen molar-refractivity contribution in [3.63, 3.8) is 0 Å². The molecule has 1 aromatic rings. The smallest absolute Gasteiger partial charge is 0.246 e. The molecule has 2 amide bonds. The van der Waals surface area contributed by atoms with Crippen molar-refractivity contribution >= 4 is 17.5 Å². The van der Waals surface area contributed by atoms with E-state index in [1.807, 2.05) is 23.1 Å². The molecule has 9 nitrogen and oxygen atoms in total. The first-order valence-corrected chi connectivity index (χ1v) is 13.3. The second kappa shape index (κ2) is 11.2. The number of nitrogens with zero attached hydrogens (tertiary/aromatic N) is 4. The number of amides is 2. The zero-order chi connectivity index (χ0) is 25.1. The van der Waals surface area contributed by atoms with Crippen molar-refractivity contribution in [2.75, 3.05) is 60.2 Å². The number of benzene rings is 1. The van der Waals surface area contributed by atoms with Crippen LogP contribution in [0.2, 0.25) is 0 Å². The van der Waals surface area contributed by atoms with Gasteiger partial charge in [-0.2, -0.15) is 5.10 Å². The molecule has 196 valence electrons. The van der Waals surface area contributed by atoms with Crippen molar-refractivity contribution < 1.29 is 23.8 Å². The van der Waals surface area contributed by atoms with E-state index in [1.165, 1.54) is 0 Å². The molecule has 3 fully saturated rings. The molecular formula is C27H38N4O5. The highest BCUT2D eigenvalue weighted by molar-refractivity contribution is 6.07. The largest absolute Gasteiger partial charge is 0.493 e. The molecule has 3 aliphatic heterocycles. The lowest BCUT2D eigenvalue weighted by molar-refractivity contribution is -0.143. The summed E-state index contributed by atoms with van der Waals surface area (Å²) in [6.07, 6.45) is 5.58. The fourth-order valence-corrected chi connectivity index (χ4v) is 6.10. The third kappa shape index (κ3) is 5.09. The van der Waals surface area contributed by atoms with Crippen LogP contribution in [-0.2, 0) is 14.3 Å². The van der Waals surface area contributed by atoms with E-state index < -0.39 is 0 Å². The maximum Gasteiger partial charge on any atom is 0.246 e. The number of piperidine rings is 1. The molecule has 2 saturated heterocycles. The Hall–Kier alpha value is -2.65. The summed E-state index contributed by atoms with van der Waals surface area (Å²) in [4.78, 5) is 30.6. The predicted octanol–water partition coefficient (Wildman–Crippen LogP) is 2.38. The summed E-state index contributed by atoms with van der Waals surface area (Å²) < 4.78 is 16.4. The van der Waals surface area contributed by atoms with Crippen LogP contribution in [0.1, 0.15) is 44.1 Å². The van der Waals surface area contributed by atoms with Crippen LogP contribution in [0.5, 0.6) is 11.5 Å². The molecule has 0 bridgehead atoms. The second-order valence-corrected chi connectivity index (χ2v) is 10.2. The highest BCUT2D eigenvalue weighted by Gasteiger charge is 2.44. The summed E-state index contributed by atoms with van der Waals surface area (Å²) in [6.45, 7) is 4.76. The van der Waals surface area contributed by atoms with Gasteiger partial charge in [0.2, 0.25) is 11.8 Å². The topological polar surface area (TPSA) is 83.9 Å².